The molecule has 0 saturated heterocycles. The molecule has 124 valence electrons. The van der Waals surface area contributed by atoms with Gasteiger partial charge in [-0.05, 0) is 42.9 Å². The van der Waals surface area contributed by atoms with Gasteiger partial charge in [-0.1, -0.05) is 59.2 Å². The molecule has 21 heavy (non-hydrogen) atoms. The molecule has 0 aliphatic heterocycles. The van der Waals surface area contributed by atoms with E-state index >= 15 is 0 Å². The van der Waals surface area contributed by atoms with Crippen LogP contribution in [0.15, 0.2) is 4.99 Å². The molecule has 1 fully saturated rings. The number of hydrogen-bond donors (Lipinski definition) is 1. The fourth-order valence-electron chi connectivity index (χ4n) is 3.46. The lowest BCUT2D eigenvalue weighted by molar-refractivity contribution is 0.157. The Morgan fingerprint density at radius 2 is 1.95 bits per heavy atom. The van der Waals surface area contributed by atoms with Crippen LogP contribution in [0, 0.1) is 23.7 Å². The molecule has 1 saturated carbocycles. The monoisotopic (exact) mass is 312 g/mol. The lowest BCUT2D eigenvalue weighted by Crippen LogP contribution is -2.48. The van der Waals surface area contributed by atoms with E-state index < -0.39 is 0 Å². The number of aliphatic imine (C=N–C) groups is 1. The second kappa shape index (κ2) is 9.76. The van der Waals surface area contributed by atoms with Crippen LogP contribution in [-0.4, -0.2) is 24.0 Å². The smallest absolute Gasteiger partial charge is 0.156 e. The molecule has 0 aromatic carbocycles. The highest BCUT2D eigenvalue weighted by Crippen LogP contribution is 2.36. The zero-order valence-electron chi connectivity index (χ0n) is 15.0. The Kier molecular flexibility index (Phi) is 8.77. The summed E-state index contributed by atoms with van der Waals surface area (Å²) >= 11 is 1.91. The van der Waals surface area contributed by atoms with E-state index in [1.54, 1.807) is 0 Å². The van der Waals surface area contributed by atoms with Crippen LogP contribution in [0.5, 0.6) is 0 Å². The van der Waals surface area contributed by atoms with E-state index in [1.165, 1.54) is 37.9 Å². The SMILES string of the molecule is CCC1CCCC(C(C)C)C1NC(=NC)SCCC(C)C. The van der Waals surface area contributed by atoms with Crippen molar-refractivity contribution in [2.24, 2.45) is 28.7 Å². The van der Waals surface area contributed by atoms with Gasteiger partial charge in [0.2, 0.25) is 0 Å². The molecule has 1 aliphatic carbocycles. The minimum Gasteiger partial charge on any atom is -0.362 e. The van der Waals surface area contributed by atoms with Crippen LogP contribution in [0.2, 0.25) is 0 Å². The summed E-state index contributed by atoms with van der Waals surface area (Å²) in [7, 11) is 1.93. The zero-order valence-corrected chi connectivity index (χ0v) is 15.8. The van der Waals surface area contributed by atoms with Crippen LogP contribution < -0.4 is 5.32 Å². The normalized spacial score (nSPS) is 27.4. The van der Waals surface area contributed by atoms with Gasteiger partial charge in [-0.3, -0.25) is 4.99 Å². The van der Waals surface area contributed by atoms with E-state index in [4.69, 9.17) is 0 Å². The lowest BCUT2D eigenvalue weighted by Gasteiger charge is -2.41. The van der Waals surface area contributed by atoms with Gasteiger partial charge in [-0.25, -0.2) is 0 Å². The number of thioether (sulfide) groups is 1. The summed E-state index contributed by atoms with van der Waals surface area (Å²) in [6.07, 6.45) is 6.71. The molecule has 0 aromatic heterocycles. The first-order valence-electron chi connectivity index (χ1n) is 8.85. The molecule has 1 N–H and O–H groups in total. The lowest BCUT2D eigenvalue weighted by atomic mass is 9.71. The van der Waals surface area contributed by atoms with Crippen molar-refractivity contribution in [2.45, 2.75) is 72.8 Å². The molecule has 1 rings (SSSR count). The van der Waals surface area contributed by atoms with Crippen LogP contribution in [0.3, 0.4) is 0 Å². The molecule has 3 unspecified atom stereocenters. The second-order valence-electron chi connectivity index (χ2n) is 7.24. The molecule has 0 heterocycles. The van der Waals surface area contributed by atoms with E-state index in [0.29, 0.717) is 6.04 Å². The third-order valence-corrected chi connectivity index (χ3v) is 5.90. The Morgan fingerprint density at radius 3 is 2.48 bits per heavy atom. The number of rotatable bonds is 6. The Balaban J connectivity index is 2.64. The summed E-state index contributed by atoms with van der Waals surface area (Å²) in [6.45, 7) is 11.7. The van der Waals surface area contributed by atoms with Gasteiger partial charge in [-0.2, -0.15) is 0 Å². The average Bonchev–Trinajstić information content (AvgIpc) is 2.45. The second-order valence-corrected chi connectivity index (χ2v) is 8.32. The van der Waals surface area contributed by atoms with Crippen molar-refractivity contribution in [3.8, 4) is 0 Å². The van der Waals surface area contributed by atoms with Crippen LogP contribution >= 0.6 is 11.8 Å². The molecule has 0 aromatic rings. The largest absolute Gasteiger partial charge is 0.362 e. The van der Waals surface area contributed by atoms with Crippen LogP contribution in [0.1, 0.15) is 66.7 Å². The number of nitrogens with zero attached hydrogens (tertiary/aromatic N) is 1. The summed E-state index contributed by atoms with van der Waals surface area (Å²) in [5, 5.41) is 4.98. The van der Waals surface area contributed by atoms with Crippen LogP contribution in [0.4, 0.5) is 0 Å². The highest BCUT2D eigenvalue weighted by molar-refractivity contribution is 8.13. The summed E-state index contributed by atoms with van der Waals surface area (Å²) in [4.78, 5) is 4.51. The van der Waals surface area contributed by atoms with Crippen molar-refractivity contribution in [1.29, 1.82) is 0 Å². The van der Waals surface area contributed by atoms with Gasteiger partial charge in [0.25, 0.3) is 0 Å². The molecule has 1 aliphatic rings. The van der Waals surface area contributed by atoms with Crippen molar-refractivity contribution in [1.82, 2.24) is 5.32 Å². The maximum Gasteiger partial charge on any atom is 0.156 e. The molecule has 0 radical (unpaired) electrons. The molecule has 3 heteroatoms. The first-order valence-corrected chi connectivity index (χ1v) is 9.84. The summed E-state index contributed by atoms with van der Waals surface area (Å²) in [6, 6.07) is 0.619. The van der Waals surface area contributed by atoms with Crippen molar-refractivity contribution >= 4 is 16.9 Å². The molecular formula is C18H36N2S. The van der Waals surface area contributed by atoms with Gasteiger partial charge < -0.3 is 5.32 Å². The maximum absolute atomic E-state index is 4.51. The molecular weight excluding hydrogens is 276 g/mol. The summed E-state index contributed by atoms with van der Waals surface area (Å²) < 4.78 is 0. The van der Waals surface area contributed by atoms with Gasteiger partial charge >= 0.3 is 0 Å². The number of nitrogens with one attached hydrogen (secondary N) is 1. The molecule has 2 nitrogen and oxygen atoms in total. The predicted octanol–water partition coefficient (Wildman–Crippen LogP) is 5.19. The minimum atomic E-state index is 0.619. The molecule has 0 spiro atoms. The topological polar surface area (TPSA) is 24.4 Å². The Morgan fingerprint density at radius 1 is 1.24 bits per heavy atom. The standard InChI is InChI=1S/C18H36N2S/c1-7-15-9-8-10-16(14(4)5)17(15)20-18(19-6)21-12-11-13(2)3/h13-17H,7-12H2,1-6H3,(H,19,20). The molecule has 0 bridgehead atoms. The summed E-state index contributed by atoms with van der Waals surface area (Å²) in [5.74, 6) is 4.32. The highest BCUT2D eigenvalue weighted by atomic mass is 32.2. The predicted molar refractivity (Wildman–Crippen MR) is 98.2 cm³/mol. The van der Waals surface area contributed by atoms with Crippen molar-refractivity contribution < 1.29 is 0 Å². The van der Waals surface area contributed by atoms with Crippen molar-refractivity contribution in [3.63, 3.8) is 0 Å². The van der Waals surface area contributed by atoms with Crippen molar-refractivity contribution in [2.75, 3.05) is 12.8 Å². The van der Waals surface area contributed by atoms with E-state index in [0.717, 1.165) is 28.8 Å². The highest BCUT2D eigenvalue weighted by Gasteiger charge is 2.34. The van der Waals surface area contributed by atoms with Gasteiger partial charge in [0, 0.05) is 18.8 Å². The van der Waals surface area contributed by atoms with Crippen molar-refractivity contribution in [3.05, 3.63) is 0 Å². The van der Waals surface area contributed by atoms with Gasteiger partial charge in [0.15, 0.2) is 5.17 Å². The average molecular weight is 313 g/mol. The van der Waals surface area contributed by atoms with Crippen LogP contribution in [0.25, 0.3) is 0 Å². The van der Waals surface area contributed by atoms with E-state index in [2.05, 4.69) is 44.9 Å². The van der Waals surface area contributed by atoms with E-state index in [1.807, 2.05) is 18.8 Å². The first kappa shape index (κ1) is 18.9. The van der Waals surface area contributed by atoms with Gasteiger partial charge in [-0.15, -0.1) is 0 Å². The quantitative estimate of drug-likeness (QED) is 0.539. The van der Waals surface area contributed by atoms with Gasteiger partial charge in [0.1, 0.15) is 0 Å². The third kappa shape index (κ3) is 6.22. The molecule has 0 amide bonds. The van der Waals surface area contributed by atoms with Gasteiger partial charge in [0.05, 0.1) is 0 Å². The maximum atomic E-state index is 4.51. The molecule has 3 atom stereocenters. The van der Waals surface area contributed by atoms with E-state index in [9.17, 15) is 0 Å². The Bertz CT molecular complexity index is 312. The fraction of sp³-hybridized carbons (Fsp3) is 0.944. The summed E-state index contributed by atoms with van der Waals surface area (Å²) in [5.41, 5.74) is 0. The van der Waals surface area contributed by atoms with E-state index in [-0.39, 0.29) is 0 Å². The number of amidine groups is 1. The Hall–Kier alpha value is -0.180. The van der Waals surface area contributed by atoms with Crippen LogP contribution in [-0.2, 0) is 0 Å². The third-order valence-electron chi connectivity index (χ3n) is 4.89. The fourth-order valence-corrected chi connectivity index (χ4v) is 4.59. The minimum absolute atomic E-state index is 0.619. The Labute approximate surface area is 137 Å². The number of hydrogen-bond acceptors (Lipinski definition) is 2. The zero-order chi connectivity index (χ0) is 15.8. The first-order chi connectivity index (χ1) is 9.99.